The van der Waals surface area contributed by atoms with E-state index < -0.39 is 0 Å². The topological polar surface area (TPSA) is 29.9 Å². The van der Waals surface area contributed by atoms with Gasteiger partial charge in [0.1, 0.15) is 5.82 Å². The average Bonchev–Trinajstić information content (AvgIpc) is 2.97. The Morgan fingerprint density at radius 1 is 1.62 bits per heavy atom. The van der Waals surface area contributed by atoms with Crippen molar-refractivity contribution in [1.29, 1.82) is 0 Å². The zero-order valence-corrected chi connectivity index (χ0v) is 10.1. The summed E-state index contributed by atoms with van der Waals surface area (Å²) in [6, 6.07) is 6.92. The summed E-state index contributed by atoms with van der Waals surface area (Å²) in [6.07, 6.45) is 2.12. The Labute approximate surface area is 99.1 Å². The Bertz CT molecular complexity index is 472. The van der Waals surface area contributed by atoms with Crippen molar-refractivity contribution in [1.82, 2.24) is 9.78 Å². The Balaban J connectivity index is 2.02. The van der Waals surface area contributed by atoms with E-state index in [0.717, 1.165) is 19.4 Å². The number of fused-ring (bicyclic) bond motifs is 1. The Morgan fingerprint density at radius 2 is 2.56 bits per heavy atom. The average molecular weight is 233 g/mol. The van der Waals surface area contributed by atoms with Gasteiger partial charge in [-0.15, -0.1) is 11.3 Å². The molecule has 1 unspecified atom stereocenters. The largest absolute Gasteiger partial charge is 0.370 e. The summed E-state index contributed by atoms with van der Waals surface area (Å²) in [5, 5.41) is 10.2. The maximum absolute atomic E-state index is 4.67. The number of hydrogen-bond donors (Lipinski definition) is 1. The fraction of sp³-hybridized carbons (Fsp3) is 0.417. The van der Waals surface area contributed by atoms with E-state index >= 15 is 0 Å². The number of aromatic nitrogens is 2. The van der Waals surface area contributed by atoms with E-state index in [-0.39, 0.29) is 0 Å². The SMILES string of the molecule is CCc1cc2n(n1)C(c1cccs1)CCN2. The number of anilines is 1. The molecule has 0 saturated heterocycles. The van der Waals surface area contributed by atoms with E-state index in [1.165, 1.54) is 16.4 Å². The minimum atomic E-state index is 0.427. The van der Waals surface area contributed by atoms with Gasteiger partial charge in [-0.05, 0) is 24.3 Å². The van der Waals surface area contributed by atoms with Crippen molar-refractivity contribution in [3.63, 3.8) is 0 Å². The first-order valence-corrected chi connectivity index (χ1v) is 6.62. The van der Waals surface area contributed by atoms with E-state index in [4.69, 9.17) is 0 Å². The third-order valence-electron chi connectivity index (χ3n) is 3.04. The number of thiophene rings is 1. The van der Waals surface area contributed by atoms with Crippen molar-refractivity contribution in [2.45, 2.75) is 25.8 Å². The highest BCUT2D eigenvalue weighted by Crippen LogP contribution is 2.32. The molecule has 3 nitrogen and oxygen atoms in total. The van der Waals surface area contributed by atoms with E-state index in [1.807, 2.05) is 11.3 Å². The Kier molecular flexibility index (Phi) is 2.44. The number of hydrogen-bond acceptors (Lipinski definition) is 3. The molecule has 0 aliphatic carbocycles. The first-order valence-electron chi connectivity index (χ1n) is 5.74. The van der Waals surface area contributed by atoms with Crippen LogP contribution in [0.5, 0.6) is 0 Å². The normalized spacial score (nSPS) is 19.2. The molecule has 1 aliphatic rings. The molecule has 4 heteroatoms. The first-order chi connectivity index (χ1) is 7.88. The van der Waals surface area contributed by atoms with E-state index in [1.54, 1.807) is 0 Å². The van der Waals surface area contributed by atoms with Crippen molar-refractivity contribution in [3.05, 3.63) is 34.2 Å². The third-order valence-corrected chi connectivity index (χ3v) is 4.01. The number of nitrogens with zero attached hydrogens (tertiary/aromatic N) is 2. The molecule has 16 heavy (non-hydrogen) atoms. The van der Waals surface area contributed by atoms with Gasteiger partial charge in [-0.1, -0.05) is 13.0 Å². The third kappa shape index (κ3) is 1.53. The summed E-state index contributed by atoms with van der Waals surface area (Å²) in [5.74, 6) is 1.17. The zero-order valence-electron chi connectivity index (χ0n) is 9.31. The molecule has 3 rings (SSSR count). The standard InChI is InChI=1S/C12H15N3S/c1-2-9-8-12-13-6-5-10(15(12)14-9)11-4-3-7-16-11/h3-4,7-8,10,13H,2,5-6H2,1H3. The van der Waals surface area contributed by atoms with Gasteiger partial charge >= 0.3 is 0 Å². The molecular weight excluding hydrogens is 218 g/mol. The molecule has 1 aliphatic heterocycles. The predicted octanol–water partition coefficient (Wildman–Crippen LogP) is 2.91. The van der Waals surface area contributed by atoms with Crippen molar-refractivity contribution in [2.75, 3.05) is 11.9 Å². The molecule has 1 atom stereocenters. The van der Waals surface area contributed by atoms with Crippen molar-refractivity contribution < 1.29 is 0 Å². The van der Waals surface area contributed by atoms with Crippen LogP contribution in [0.3, 0.4) is 0 Å². The highest BCUT2D eigenvalue weighted by atomic mass is 32.1. The number of rotatable bonds is 2. The monoisotopic (exact) mass is 233 g/mol. The van der Waals surface area contributed by atoms with Gasteiger partial charge in [0.2, 0.25) is 0 Å². The Morgan fingerprint density at radius 3 is 3.31 bits per heavy atom. The second-order valence-corrected chi connectivity index (χ2v) is 5.04. The molecule has 1 N–H and O–H groups in total. The summed E-state index contributed by atoms with van der Waals surface area (Å²) < 4.78 is 2.15. The van der Waals surface area contributed by atoms with Gasteiger partial charge in [0.15, 0.2) is 0 Å². The highest BCUT2D eigenvalue weighted by Gasteiger charge is 2.23. The van der Waals surface area contributed by atoms with Crippen LogP contribution in [-0.4, -0.2) is 16.3 Å². The summed E-state index contributed by atoms with van der Waals surface area (Å²) in [5.41, 5.74) is 1.17. The molecule has 0 amide bonds. The lowest BCUT2D eigenvalue weighted by Gasteiger charge is -2.24. The van der Waals surface area contributed by atoms with Crippen molar-refractivity contribution in [2.24, 2.45) is 0 Å². The lowest BCUT2D eigenvalue weighted by atomic mass is 10.1. The van der Waals surface area contributed by atoms with E-state index in [9.17, 15) is 0 Å². The number of nitrogens with one attached hydrogen (secondary N) is 1. The maximum atomic E-state index is 4.67. The van der Waals surface area contributed by atoms with Gasteiger partial charge in [-0.2, -0.15) is 5.10 Å². The molecule has 0 fully saturated rings. The first kappa shape index (κ1) is 9.90. The van der Waals surface area contributed by atoms with Crippen LogP contribution in [0.15, 0.2) is 23.6 Å². The van der Waals surface area contributed by atoms with Gasteiger partial charge in [0.25, 0.3) is 0 Å². The van der Waals surface area contributed by atoms with Gasteiger partial charge in [0.05, 0.1) is 11.7 Å². The minimum Gasteiger partial charge on any atom is -0.370 e. The minimum absolute atomic E-state index is 0.427. The van der Waals surface area contributed by atoms with Crippen LogP contribution >= 0.6 is 11.3 Å². The van der Waals surface area contributed by atoms with Crippen LogP contribution in [-0.2, 0) is 6.42 Å². The van der Waals surface area contributed by atoms with Crippen LogP contribution in [0.2, 0.25) is 0 Å². The van der Waals surface area contributed by atoms with Crippen LogP contribution in [0.4, 0.5) is 5.82 Å². The van der Waals surface area contributed by atoms with Crippen LogP contribution in [0.1, 0.15) is 30.0 Å². The molecule has 2 aromatic heterocycles. The second-order valence-electron chi connectivity index (χ2n) is 4.07. The van der Waals surface area contributed by atoms with Gasteiger partial charge in [0, 0.05) is 17.5 Å². The molecule has 3 heterocycles. The molecule has 0 bridgehead atoms. The lowest BCUT2D eigenvalue weighted by Crippen LogP contribution is -2.23. The molecule has 84 valence electrons. The molecular formula is C12H15N3S. The molecule has 0 saturated carbocycles. The summed E-state index contributed by atoms with van der Waals surface area (Å²) in [6.45, 7) is 3.19. The van der Waals surface area contributed by atoms with E-state index in [0.29, 0.717) is 6.04 Å². The van der Waals surface area contributed by atoms with Gasteiger partial charge < -0.3 is 5.32 Å². The fourth-order valence-corrected chi connectivity index (χ4v) is 3.04. The Hall–Kier alpha value is -1.29. The molecule has 0 radical (unpaired) electrons. The smallest absolute Gasteiger partial charge is 0.125 e. The summed E-state index contributed by atoms with van der Waals surface area (Å²) in [7, 11) is 0. The summed E-state index contributed by atoms with van der Waals surface area (Å²) >= 11 is 1.82. The maximum Gasteiger partial charge on any atom is 0.125 e. The fourth-order valence-electron chi connectivity index (χ4n) is 2.19. The van der Waals surface area contributed by atoms with E-state index in [2.05, 4.69) is 45.6 Å². The van der Waals surface area contributed by atoms with Crippen LogP contribution < -0.4 is 5.32 Å². The van der Waals surface area contributed by atoms with Gasteiger partial charge in [-0.25, -0.2) is 4.68 Å². The molecule has 0 spiro atoms. The quantitative estimate of drug-likeness (QED) is 0.864. The van der Waals surface area contributed by atoms with Crippen molar-refractivity contribution >= 4 is 17.2 Å². The highest BCUT2D eigenvalue weighted by molar-refractivity contribution is 7.10. The summed E-state index contributed by atoms with van der Waals surface area (Å²) in [4.78, 5) is 1.41. The predicted molar refractivity (Wildman–Crippen MR) is 67.2 cm³/mol. The lowest BCUT2D eigenvalue weighted by molar-refractivity contribution is 0.485. The molecule has 2 aromatic rings. The number of aryl methyl sites for hydroxylation is 1. The van der Waals surface area contributed by atoms with Gasteiger partial charge in [-0.3, -0.25) is 0 Å². The second kappa shape index (κ2) is 3.94. The van der Waals surface area contributed by atoms with Crippen LogP contribution in [0, 0.1) is 0 Å². The van der Waals surface area contributed by atoms with Crippen LogP contribution in [0.25, 0.3) is 0 Å². The molecule has 0 aromatic carbocycles. The zero-order chi connectivity index (χ0) is 11.0. The van der Waals surface area contributed by atoms with Crippen molar-refractivity contribution in [3.8, 4) is 0 Å².